The van der Waals surface area contributed by atoms with Gasteiger partial charge in [0.1, 0.15) is 5.56 Å². The number of nitrogens with zero attached hydrogens (tertiary/aromatic N) is 2. The molecule has 0 saturated carbocycles. The van der Waals surface area contributed by atoms with Gasteiger partial charge in [-0.25, -0.2) is 17.2 Å². The highest BCUT2D eigenvalue weighted by atomic mass is 35.7. The fourth-order valence-electron chi connectivity index (χ4n) is 1.02. The summed E-state index contributed by atoms with van der Waals surface area (Å²) < 4.78 is 46.8. The molecule has 17 heavy (non-hydrogen) atoms. The zero-order chi connectivity index (χ0) is 13.4. The van der Waals surface area contributed by atoms with Crippen molar-refractivity contribution in [3.8, 4) is 0 Å². The van der Waals surface area contributed by atoms with Crippen molar-refractivity contribution in [1.82, 2.24) is 4.98 Å². The molecule has 0 aliphatic carbocycles. The molecule has 11 heteroatoms. The molecular formula is C6H4ClF2N3O4S. The molecular weight excluding hydrogens is 284 g/mol. The van der Waals surface area contributed by atoms with E-state index in [1.54, 1.807) is 0 Å². The third kappa shape index (κ3) is 2.77. The van der Waals surface area contributed by atoms with Gasteiger partial charge in [0.05, 0.1) is 0 Å². The minimum atomic E-state index is -4.40. The monoisotopic (exact) mass is 287 g/mol. The van der Waals surface area contributed by atoms with Crippen LogP contribution in [0.2, 0.25) is 0 Å². The van der Waals surface area contributed by atoms with E-state index in [1.807, 2.05) is 0 Å². The highest BCUT2D eigenvalue weighted by molar-refractivity contribution is 8.13. The van der Waals surface area contributed by atoms with Crippen LogP contribution in [-0.2, 0) is 9.05 Å². The van der Waals surface area contributed by atoms with Crippen LogP contribution >= 0.6 is 10.7 Å². The number of pyridine rings is 1. The molecule has 0 bridgehead atoms. The molecule has 0 aliphatic heterocycles. The quantitative estimate of drug-likeness (QED) is 0.511. The average Bonchev–Trinajstić information content (AvgIpc) is 2.14. The smallest absolute Gasteiger partial charge is 0.362 e. The van der Waals surface area contributed by atoms with Crippen molar-refractivity contribution in [2.75, 3.05) is 5.73 Å². The Morgan fingerprint density at radius 2 is 2.06 bits per heavy atom. The second-order valence-electron chi connectivity index (χ2n) is 2.78. The minimum absolute atomic E-state index is 0.341. The topological polar surface area (TPSA) is 116 Å². The van der Waals surface area contributed by atoms with E-state index in [0.717, 1.165) is 0 Å². The number of anilines is 1. The number of alkyl halides is 2. The van der Waals surface area contributed by atoms with Crippen LogP contribution in [0.3, 0.4) is 0 Å². The standard InChI is InChI=1S/C6H4ClF2N3O4S/c7-17(15,16)3-1-2(4(8)9)6(12(13)14)11-5(3)10/h1,4H,(H2,10,11). The number of hydrogen-bond acceptors (Lipinski definition) is 6. The van der Waals surface area contributed by atoms with Gasteiger partial charge >= 0.3 is 5.82 Å². The first kappa shape index (κ1) is 13.5. The van der Waals surface area contributed by atoms with E-state index in [2.05, 4.69) is 4.98 Å². The summed E-state index contributed by atoms with van der Waals surface area (Å²) in [6.07, 6.45) is -3.28. The van der Waals surface area contributed by atoms with E-state index >= 15 is 0 Å². The van der Waals surface area contributed by atoms with E-state index in [9.17, 15) is 27.3 Å². The van der Waals surface area contributed by atoms with E-state index < -0.39 is 42.5 Å². The number of aromatic nitrogens is 1. The lowest BCUT2D eigenvalue weighted by molar-refractivity contribution is -0.390. The highest BCUT2D eigenvalue weighted by Crippen LogP contribution is 2.32. The van der Waals surface area contributed by atoms with E-state index in [0.29, 0.717) is 6.07 Å². The number of hydrogen-bond donors (Lipinski definition) is 1. The van der Waals surface area contributed by atoms with Gasteiger partial charge < -0.3 is 15.8 Å². The summed E-state index contributed by atoms with van der Waals surface area (Å²) in [7, 11) is 0.507. The van der Waals surface area contributed by atoms with Gasteiger partial charge in [-0.2, -0.15) is 0 Å². The Morgan fingerprint density at radius 1 is 1.53 bits per heavy atom. The molecule has 7 nitrogen and oxygen atoms in total. The molecule has 1 rings (SSSR count). The summed E-state index contributed by atoms with van der Waals surface area (Å²) >= 11 is 0. The van der Waals surface area contributed by atoms with Gasteiger partial charge in [0, 0.05) is 10.7 Å². The molecule has 1 aromatic rings. The number of rotatable bonds is 3. The van der Waals surface area contributed by atoms with Crippen molar-refractivity contribution < 1.29 is 22.1 Å². The molecule has 0 atom stereocenters. The molecule has 0 radical (unpaired) electrons. The second kappa shape index (κ2) is 4.37. The third-order valence-corrected chi connectivity index (χ3v) is 3.05. The molecule has 0 spiro atoms. The molecule has 2 N–H and O–H groups in total. The molecule has 1 heterocycles. The van der Waals surface area contributed by atoms with Crippen molar-refractivity contribution in [2.45, 2.75) is 11.3 Å². The Morgan fingerprint density at radius 3 is 2.41 bits per heavy atom. The molecule has 0 fully saturated rings. The summed E-state index contributed by atoms with van der Waals surface area (Å²) in [5.74, 6) is -2.02. The highest BCUT2D eigenvalue weighted by Gasteiger charge is 2.30. The predicted octanol–water partition coefficient (Wildman–Crippen LogP) is 1.44. The molecule has 0 aliphatic rings. The van der Waals surface area contributed by atoms with Crippen LogP contribution in [0.25, 0.3) is 0 Å². The number of nitrogen functional groups attached to an aromatic ring is 1. The fraction of sp³-hybridized carbons (Fsp3) is 0.167. The molecule has 0 aromatic carbocycles. The molecule has 1 aromatic heterocycles. The first-order chi connectivity index (χ1) is 7.64. The van der Waals surface area contributed by atoms with Gasteiger partial charge in [-0.3, -0.25) is 0 Å². The molecule has 0 unspecified atom stereocenters. The van der Waals surface area contributed by atoms with Crippen molar-refractivity contribution in [1.29, 1.82) is 0 Å². The third-order valence-electron chi connectivity index (χ3n) is 1.69. The van der Waals surface area contributed by atoms with Crippen LogP contribution in [0.5, 0.6) is 0 Å². The van der Waals surface area contributed by atoms with Gasteiger partial charge in [-0.05, 0) is 16.0 Å². The van der Waals surface area contributed by atoms with E-state index in [1.165, 1.54) is 0 Å². The Balaban J connectivity index is 3.63. The maximum absolute atomic E-state index is 12.5. The Labute approximate surface area is 97.8 Å². The van der Waals surface area contributed by atoms with Gasteiger partial charge in [-0.1, -0.05) is 0 Å². The van der Waals surface area contributed by atoms with Crippen molar-refractivity contribution >= 4 is 31.4 Å². The van der Waals surface area contributed by atoms with Crippen LogP contribution in [0.4, 0.5) is 20.4 Å². The first-order valence-electron chi connectivity index (χ1n) is 3.82. The zero-order valence-electron chi connectivity index (χ0n) is 7.80. The lowest BCUT2D eigenvalue weighted by Gasteiger charge is -2.04. The fourth-order valence-corrected chi connectivity index (χ4v) is 1.95. The van der Waals surface area contributed by atoms with Crippen LogP contribution in [0.1, 0.15) is 12.0 Å². The predicted molar refractivity (Wildman–Crippen MR) is 53.3 cm³/mol. The first-order valence-corrected chi connectivity index (χ1v) is 6.13. The number of nitrogens with two attached hydrogens (primary N) is 1. The molecule has 0 amide bonds. The number of halogens is 3. The summed E-state index contributed by atoms with van der Waals surface area (Å²) in [5, 5.41) is 10.4. The Kier molecular flexibility index (Phi) is 3.48. The lowest BCUT2D eigenvalue weighted by atomic mass is 10.2. The van der Waals surface area contributed by atoms with Crippen LogP contribution < -0.4 is 5.73 Å². The summed E-state index contributed by atoms with van der Waals surface area (Å²) in [6, 6.07) is 0.341. The normalized spacial score (nSPS) is 11.8. The minimum Gasteiger partial charge on any atom is -0.362 e. The average molecular weight is 288 g/mol. The van der Waals surface area contributed by atoms with Crippen molar-refractivity contribution in [3.05, 3.63) is 21.7 Å². The summed E-state index contributed by atoms with van der Waals surface area (Å²) in [4.78, 5) is 11.3. The van der Waals surface area contributed by atoms with E-state index in [4.69, 9.17) is 16.4 Å². The van der Waals surface area contributed by atoms with Gasteiger partial charge in [0.25, 0.3) is 21.3 Å². The SMILES string of the molecule is Nc1nc([N+](=O)[O-])c(C(F)F)cc1S(=O)(=O)Cl. The van der Waals surface area contributed by atoms with Gasteiger partial charge in [0.2, 0.25) is 0 Å². The van der Waals surface area contributed by atoms with E-state index in [-0.39, 0.29) is 0 Å². The van der Waals surface area contributed by atoms with Crippen molar-refractivity contribution in [3.63, 3.8) is 0 Å². The Hall–Kier alpha value is -1.55. The maximum Gasteiger partial charge on any atom is 0.374 e. The van der Waals surface area contributed by atoms with Crippen LogP contribution in [-0.4, -0.2) is 18.3 Å². The zero-order valence-corrected chi connectivity index (χ0v) is 9.37. The lowest BCUT2D eigenvalue weighted by Crippen LogP contribution is -2.07. The molecule has 0 saturated heterocycles. The summed E-state index contributed by atoms with van der Waals surface area (Å²) in [6.45, 7) is 0. The summed E-state index contributed by atoms with van der Waals surface area (Å²) in [5.41, 5.74) is 3.93. The van der Waals surface area contributed by atoms with Crippen molar-refractivity contribution in [2.24, 2.45) is 0 Å². The van der Waals surface area contributed by atoms with Gasteiger partial charge in [0.15, 0.2) is 4.90 Å². The largest absolute Gasteiger partial charge is 0.374 e. The number of nitro groups is 1. The second-order valence-corrected chi connectivity index (χ2v) is 5.31. The Bertz CT molecular complexity index is 577. The maximum atomic E-state index is 12.5. The van der Waals surface area contributed by atoms with Gasteiger partial charge in [-0.15, -0.1) is 0 Å². The van der Waals surface area contributed by atoms with Crippen LogP contribution in [0, 0.1) is 10.1 Å². The molecule has 94 valence electrons. The van der Waals surface area contributed by atoms with Crippen LogP contribution in [0.15, 0.2) is 11.0 Å².